The molecule has 1 saturated heterocycles. The molecule has 1 unspecified atom stereocenters. The molecule has 0 saturated carbocycles. The topological polar surface area (TPSA) is 163 Å². The minimum Gasteiger partial charge on any atom is -0.388 e. The Morgan fingerprint density at radius 1 is 1.16 bits per heavy atom. The highest BCUT2D eigenvalue weighted by molar-refractivity contribution is 7.51. The van der Waals surface area contributed by atoms with E-state index in [4.69, 9.17) is 37.7 Å². The number of aliphatic hydroxyl groups is 2. The van der Waals surface area contributed by atoms with Crippen LogP contribution in [0.3, 0.4) is 0 Å². The lowest BCUT2D eigenvalue weighted by Gasteiger charge is -2.17. The fourth-order valence-corrected chi connectivity index (χ4v) is 4.47. The van der Waals surface area contributed by atoms with E-state index in [9.17, 15) is 14.8 Å². The highest BCUT2D eigenvalue weighted by Crippen LogP contribution is 2.39. The van der Waals surface area contributed by atoms with E-state index in [1.165, 1.54) is 10.9 Å². The molecule has 32 heavy (non-hydrogen) atoms. The summed E-state index contributed by atoms with van der Waals surface area (Å²) in [5.41, 5.74) is 1.44. The average molecular weight is 504 g/mol. The van der Waals surface area contributed by atoms with Gasteiger partial charge in [0.2, 0.25) is 5.28 Å². The Balaban J connectivity index is 1.59. The molecule has 1 aliphatic rings. The third-order valence-electron chi connectivity index (χ3n) is 5.11. The highest BCUT2D eigenvalue weighted by Gasteiger charge is 2.44. The zero-order valence-electron chi connectivity index (χ0n) is 16.4. The van der Waals surface area contributed by atoms with E-state index in [1.54, 1.807) is 6.07 Å². The lowest BCUT2D eigenvalue weighted by molar-refractivity contribution is -0.0355. The van der Waals surface area contributed by atoms with Gasteiger partial charge in [0.1, 0.15) is 12.2 Å². The second-order valence-electron chi connectivity index (χ2n) is 7.33. The summed E-state index contributed by atoms with van der Waals surface area (Å²) in [7, 11) is -4.28. The molecule has 0 aliphatic carbocycles. The minimum absolute atomic E-state index is 0.0769. The number of halogens is 2. The van der Waals surface area contributed by atoms with Crippen molar-refractivity contribution >= 4 is 47.8 Å². The number of hydrogen-bond acceptors (Lipinski definition) is 8. The molecule has 0 radical (unpaired) electrons. The van der Waals surface area contributed by atoms with Gasteiger partial charge in [-0.2, -0.15) is 9.97 Å². The second-order valence-corrected chi connectivity index (χ2v) is 9.86. The van der Waals surface area contributed by atoms with Crippen LogP contribution >= 0.6 is 30.8 Å². The van der Waals surface area contributed by atoms with Crippen molar-refractivity contribution in [2.75, 3.05) is 11.5 Å². The molecule has 11 nitrogen and oxygen atoms in total. The molecule has 172 valence electrons. The fraction of sp³-hybridized carbons (Fsp3) is 0.389. The van der Waals surface area contributed by atoms with Crippen molar-refractivity contribution in [3.8, 4) is 0 Å². The zero-order valence-corrected chi connectivity index (χ0v) is 18.8. The van der Waals surface area contributed by atoms with Gasteiger partial charge in [-0.15, -0.1) is 0 Å². The van der Waals surface area contributed by atoms with Crippen molar-refractivity contribution in [2.24, 2.45) is 0 Å². The van der Waals surface area contributed by atoms with E-state index >= 15 is 0 Å². The normalized spacial score (nSPS) is 23.7. The van der Waals surface area contributed by atoms with Gasteiger partial charge in [0.15, 0.2) is 23.2 Å². The van der Waals surface area contributed by atoms with Crippen LogP contribution in [-0.4, -0.2) is 64.0 Å². The van der Waals surface area contributed by atoms with Crippen molar-refractivity contribution in [1.29, 1.82) is 0 Å². The summed E-state index contributed by atoms with van der Waals surface area (Å²) < 4.78 is 18.2. The molecule has 2 aromatic heterocycles. The molecule has 1 aliphatic heterocycles. The van der Waals surface area contributed by atoms with Crippen molar-refractivity contribution in [2.45, 2.75) is 37.5 Å². The number of aromatic nitrogens is 4. The zero-order chi connectivity index (χ0) is 23.0. The molecule has 1 fully saturated rings. The Morgan fingerprint density at radius 2 is 1.91 bits per heavy atom. The van der Waals surface area contributed by atoms with Crippen LogP contribution in [0.5, 0.6) is 0 Å². The van der Waals surface area contributed by atoms with Crippen LogP contribution in [0.2, 0.25) is 10.3 Å². The maximum absolute atomic E-state index is 11.2. The van der Waals surface area contributed by atoms with Crippen LogP contribution in [0.25, 0.3) is 11.2 Å². The molecule has 5 N–H and O–H groups in total. The molecule has 3 heterocycles. The Hall–Kier alpha value is -1.82. The monoisotopic (exact) mass is 503 g/mol. The van der Waals surface area contributed by atoms with Gasteiger partial charge in [0.05, 0.1) is 18.6 Å². The molecule has 14 heteroatoms. The van der Waals surface area contributed by atoms with E-state index in [0.29, 0.717) is 22.9 Å². The van der Waals surface area contributed by atoms with E-state index in [2.05, 4.69) is 20.3 Å². The number of benzene rings is 1. The highest BCUT2D eigenvalue weighted by atomic mass is 35.5. The number of nitrogens with one attached hydrogen (secondary N) is 1. The van der Waals surface area contributed by atoms with Crippen LogP contribution in [0, 0.1) is 0 Å². The number of nitrogens with zero attached hydrogens (tertiary/aromatic N) is 4. The number of anilines is 1. The van der Waals surface area contributed by atoms with Gasteiger partial charge in [-0.3, -0.25) is 9.13 Å². The Labute approximate surface area is 192 Å². The maximum Gasteiger partial charge on any atom is 0.325 e. The van der Waals surface area contributed by atoms with Crippen LogP contribution in [0.15, 0.2) is 30.6 Å². The van der Waals surface area contributed by atoms with Crippen LogP contribution < -0.4 is 5.32 Å². The number of aliphatic hydroxyl groups excluding tert-OH is 2. The van der Waals surface area contributed by atoms with Crippen LogP contribution in [-0.2, 0) is 15.8 Å². The van der Waals surface area contributed by atoms with E-state index in [0.717, 1.165) is 5.56 Å². The number of imidazole rings is 1. The predicted octanol–water partition coefficient (Wildman–Crippen LogP) is 1.93. The third kappa shape index (κ3) is 4.90. The quantitative estimate of drug-likeness (QED) is 0.237. The van der Waals surface area contributed by atoms with Gasteiger partial charge in [0, 0.05) is 11.6 Å². The Morgan fingerprint density at radius 3 is 2.62 bits per heavy atom. The third-order valence-corrected chi connectivity index (χ3v) is 6.49. The standard InChI is InChI=1S/C18H20Cl2N5O6P/c19-10-4-2-1-3-9(10)7-21-15-12-16(24-18(20)23-15)25(8-22-12)17-14(27)13(26)11(31-17)5-6-32(28,29)30/h1-4,8,11,13-14,17,26-27H,5-7H2,(H,21,23,24)(H2,28,29,30)/t11-,13?,14+,17-/m1/s1. The van der Waals surface area contributed by atoms with Gasteiger partial charge in [-0.05, 0) is 29.7 Å². The summed E-state index contributed by atoms with van der Waals surface area (Å²) in [5.74, 6) is 0.338. The molecule has 0 spiro atoms. The Kier molecular flexibility index (Phi) is 6.71. The molecular formula is C18H20Cl2N5O6P. The number of rotatable bonds is 7. The fourth-order valence-electron chi connectivity index (χ4n) is 3.51. The van der Waals surface area contributed by atoms with Crippen molar-refractivity contribution in [3.63, 3.8) is 0 Å². The van der Waals surface area contributed by atoms with Gasteiger partial charge < -0.3 is 30.1 Å². The smallest absolute Gasteiger partial charge is 0.325 e. The number of fused-ring (bicyclic) bond motifs is 1. The summed E-state index contributed by atoms with van der Waals surface area (Å²) >= 11 is 12.3. The SMILES string of the molecule is O=P(O)(O)CC[C@H]1O[C@@H](n2cnc3c(NCc4ccccc4Cl)nc(Cl)nc32)[C@@H](O)C1O. The summed E-state index contributed by atoms with van der Waals surface area (Å²) in [5, 5.41) is 24.4. The van der Waals surface area contributed by atoms with Gasteiger partial charge >= 0.3 is 7.60 Å². The predicted molar refractivity (Wildman–Crippen MR) is 117 cm³/mol. The molecule has 0 amide bonds. The molecule has 4 rings (SSSR count). The van der Waals surface area contributed by atoms with Gasteiger partial charge in [-0.25, -0.2) is 4.98 Å². The van der Waals surface area contributed by atoms with Crippen molar-refractivity contribution < 1.29 is 29.3 Å². The molecular weight excluding hydrogens is 484 g/mol. The molecule has 4 atom stereocenters. The van der Waals surface area contributed by atoms with Gasteiger partial charge in [-0.1, -0.05) is 29.8 Å². The summed E-state index contributed by atoms with van der Waals surface area (Å²) in [6.45, 7) is 0.348. The van der Waals surface area contributed by atoms with E-state index in [-0.39, 0.29) is 17.4 Å². The molecule has 0 bridgehead atoms. The number of ether oxygens (including phenoxy) is 1. The number of hydrogen-bond donors (Lipinski definition) is 5. The lowest BCUT2D eigenvalue weighted by atomic mass is 10.1. The first-order chi connectivity index (χ1) is 15.1. The second kappa shape index (κ2) is 9.20. The first-order valence-corrected chi connectivity index (χ1v) is 12.1. The van der Waals surface area contributed by atoms with Crippen LogP contribution in [0.4, 0.5) is 5.82 Å². The average Bonchev–Trinajstić information content (AvgIpc) is 3.26. The van der Waals surface area contributed by atoms with Crippen molar-refractivity contribution in [3.05, 3.63) is 46.5 Å². The Bertz CT molecular complexity index is 1170. The largest absolute Gasteiger partial charge is 0.388 e. The molecule has 1 aromatic carbocycles. The van der Waals surface area contributed by atoms with E-state index in [1.807, 2.05) is 18.2 Å². The maximum atomic E-state index is 11.2. The summed E-state index contributed by atoms with van der Waals surface area (Å²) in [6, 6.07) is 7.30. The summed E-state index contributed by atoms with van der Waals surface area (Å²) in [4.78, 5) is 30.8. The van der Waals surface area contributed by atoms with Gasteiger partial charge in [0.25, 0.3) is 0 Å². The van der Waals surface area contributed by atoms with Crippen molar-refractivity contribution in [1.82, 2.24) is 19.5 Å². The summed E-state index contributed by atoms with van der Waals surface area (Å²) in [6.07, 6.45) is -4.03. The molecule has 3 aromatic rings. The van der Waals surface area contributed by atoms with Crippen LogP contribution in [0.1, 0.15) is 18.2 Å². The first kappa shape index (κ1) is 23.3. The van der Waals surface area contributed by atoms with E-state index < -0.39 is 38.3 Å². The minimum atomic E-state index is -4.28. The lowest BCUT2D eigenvalue weighted by Crippen LogP contribution is -2.31. The first-order valence-electron chi connectivity index (χ1n) is 9.57.